The molecule has 4 rings (SSSR count). The quantitative estimate of drug-likeness (QED) is 0.603. The van der Waals surface area contributed by atoms with Crippen LogP contribution in [0.5, 0.6) is 0 Å². The van der Waals surface area contributed by atoms with E-state index in [1.807, 2.05) is 6.07 Å². The molecule has 0 saturated heterocycles. The maximum Gasteiger partial charge on any atom is 0.240 e. The van der Waals surface area contributed by atoms with E-state index >= 15 is 0 Å². The highest BCUT2D eigenvalue weighted by Gasteiger charge is 2.21. The van der Waals surface area contributed by atoms with Gasteiger partial charge in [-0.25, -0.2) is 17.5 Å². The lowest BCUT2D eigenvalue weighted by molar-refractivity contribution is 0.357. The van der Waals surface area contributed by atoms with Gasteiger partial charge in [0, 0.05) is 5.56 Å². The Bertz CT molecular complexity index is 1140. The van der Waals surface area contributed by atoms with Gasteiger partial charge in [-0.05, 0) is 60.0 Å². The van der Waals surface area contributed by atoms with Crippen molar-refractivity contribution in [3.05, 3.63) is 59.4 Å². The lowest BCUT2D eigenvalue weighted by Gasteiger charge is -2.22. The minimum Gasteiger partial charge on any atom is -0.214 e. The Morgan fingerprint density at radius 2 is 1.84 bits per heavy atom. The van der Waals surface area contributed by atoms with Gasteiger partial charge in [0.15, 0.2) is 0 Å². The van der Waals surface area contributed by atoms with Crippen LogP contribution in [0.1, 0.15) is 43.2 Å². The summed E-state index contributed by atoms with van der Waals surface area (Å²) < 4.78 is 40.2. The first-order chi connectivity index (χ1) is 14.9. The summed E-state index contributed by atoms with van der Waals surface area (Å²) in [6, 6.07) is 11.3. The summed E-state index contributed by atoms with van der Waals surface area (Å²) in [5.74, 6) is 0.667. The molecule has 0 unspecified atom stereocenters. The van der Waals surface area contributed by atoms with Crippen molar-refractivity contribution in [2.75, 3.05) is 7.05 Å². The number of aromatic nitrogens is 4. The molecule has 0 atom stereocenters. The van der Waals surface area contributed by atoms with E-state index in [1.165, 1.54) is 56.1 Å². The maximum atomic E-state index is 13.1. The van der Waals surface area contributed by atoms with Crippen molar-refractivity contribution in [3.63, 3.8) is 0 Å². The Balaban J connectivity index is 1.66. The molecule has 1 aliphatic rings. The van der Waals surface area contributed by atoms with Crippen molar-refractivity contribution < 1.29 is 12.8 Å². The minimum atomic E-state index is -3.59. The molecule has 1 fully saturated rings. The van der Waals surface area contributed by atoms with Crippen molar-refractivity contribution in [1.82, 2.24) is 24.9 Å². The van der Waals surface area contributed by atoms with Crippen molar-refractivity contribution >= 4 is 10.0 Å². The van der Waals surface area contributed by atoms with Gasteiger partial charge in [0.2, 0.25) is 15.8 Å². The lowest BCUT2D eigenvalue weighted by atomic mass is 9.84. The standard InChI is InChI=1S/C22H26FN5O2S/c1-24-31(29,30)20-12-9-18(13-16-5-3-2-4-6-16)21(14-20)22-25-27-28(26-22)15-17-7-10-19(23)11-8-17/h7-12,14,16,24H,2-6,13,15H2,1H3. The van der Waals surface area contributed by atoms with Gasteiger partial charge in [-0.1, -0.05) is 50.3 Å². The van der Waals surface area contributed by atoms with Crippen LogP contribution in [0, 0.1) is 11.7 Å². The summed E-state index contributed by atoms with van der Waals surface area (Å²) in [4.78, 5) is 1.61. The Morgan fingerprint density at radius 3 is 2.55 bits per heavy atom. The summed E-state index contributed by atoms with van der Waals surface area (Å²) in [6.45, 7) is 0.347. The van der Waals surface area contributed by atoms with E-state index in [0.717, 1.165) is 17.5 Å². The third kappa shape index (κ3) is 5.16. The van der Waals surface area contributed by atoms with Gasteiger partial charge >= 0.3 is 0 Å². The van der Waals surface area contributed by atoms with Gasteiger partial charge in [0.25, 0.3) is 0 Å². The van der Waals surface area contributed by atoms with E-state index in [-0.39, 0.29) is 10.7 Å². The lowest BCUT2D eigenvalue weighted by Crippen LogP contribution is -2.19. The Kier molecular flexibility index (Phi) is 6.43. The summed E-state index contributed by atoms with van der Waals surface area (Å²) >= 11 is 0. The molecule has 31 heavy (non-hydrogen) atoms. The molecule has 0 spiro atoms. The van der Waals surface area contributed by atoms with Crippen LogP contribution in [0.4, 0.5) is 4.39 Å². The predicted molar refractivity (Wildman–Crippen MR) is 115 cm³/mol. The number of halogens is 1. The predicted octanol–water partition coefficient (Wildman–Crippen LogP) is 3.56. The molecular weight excluding hydrogens is 417 g/mol. The largest absolute Gasteiger partial charge is 0.240 e. The topological polar surface area (TPSA) is 89.8 Å². The van der Waals surface area contributed by atoms with E-state index < -0.39 is 10.0 Å². The average Bonchev–Trinajstić information content (AvgIpc) is 3.24. The molecule has 1 N–H and O–H groups in total. The molecule has 1 heterocycles. The normalized spacial score (nSPS) is 15.3. The van der Waals surface area contributed by atoms with E-state index in [2.05, 4.69) is 20.1 Å². The van der Waals surface area contributed by atoms with Crippen LogP contribution >= 0.6 is 0 Å². The number of benzene rings is 2. The molecule has 9 heteroatoms. The second-order valence-electron chi connectivity index (χ2n) is 8.00. The molecule has 3 aromatic rings. The zero-order valence-corrected chi connectivity index (χ0v) is 18.3. The van der Waals surface area contributed by atoms with Crippen LogP contribution in [-0.4, -0.2) is 35.7 Å². The molecule has 2 aromatic carbocycles. The Morgan fingerprint density at radius 1 is 1.10 bits per heavy atom. The number of hydrogen-bond donors (Lipinski definition) is 1. The molecular formula is C22H26FN5O2S. The van der Waals surface area contributed by atoms with Gasteiger partial charge in [-0.15, -0.1) is 10.2 Å². The highest BCUT2D eigenvalue weighted by molar-refractivity contribution is 7.89. The number of rotatable bonds is 7. The van der Waals surface area contributed by atoms with E-state index in [1.54, 1.807) is 24.3 Å². The van der Waals surface area contributed by atoms with Gasteiger partial charge in [-0.3, -0.25) is 0 Å². The SMILES string of the molecule is CNS(=O)(=O)c1ccc(CC2CCCCC2)c(-c2nnn(Cc3ccc(F)cc3)n2)c1. The summed E-state index contributed by atoms with van der Waals surface area (Å²) in [7, 11) is -2.20. The second-order valence-corrected chi connectivity index (χ2v) is 9.89. The highest BCUT2D eigenvalue weighted by atomic mass is 32.2. The highest BCUT2D eigenvalue weighted by Crippen LogP contribution is 2.31. The number of tetrazole rings is 1. The average molecular weight is 444 g/mol. The maximum absolute atomic E-state index is 13.1. The van der Waals surface area contributed by atoms with Crippen molar-refractivity contribution in [3.8, 4) is 11.4 Å². The number of nitrogens with zero attached hydrogens (tertiary/aromatic N) is 4. The van der Waals surface area contributed by atoms with Crippen LogP contribution in [0.2, 0.25) is 0 Å². The Labute approximate surface area is 181 Å². The Hall–Kier alpha value is -2.65. The van der Waals surface area contributed by atoms with Gasteiger partial charge in [0.05, 0.1) is 11.4 Å². The second kappa shape index (κ2) is 9.23. The van der Waals surface area contributed by atoms with E-state index in [9.17, 15) is 12.8 Å². The van der Waals surface area contributed by atoms with Crippen LogP contribution in [0.25, 0.3) is 11.4 Å². The minimum absolute atomic E-state index is 0.173. The molecule has 0 bridgehead atoms. The fourth-order valence-electron chi connectivity index (χ4n) is 4.10. The van der Waals surface area contributed by atoms with Crippen molar-refractivity contribution in [2.45, 2.75) is 50.0 Å². The monoisotopic (exact) mass is 443 g/mol. The van der Waals surface area contributed by atoms with Crippen LogP contribution in [0.3, 0.4) is 0 Å². The van der Waals surface area contributed by atoms with Gasteiger partial charge in [0.1, 0.15) is 5.82 Å². The van der Waals surface area contributed by atoms with Crippen LogP contribution in [-0.2, 0) is 23.0 Å². The smallest absolute Gasteiger partial charge is 0.214 e. The molecule has 1 saturated carbocycles. The fraction of sp³-hybridized carbons (Fsp3) is 0.409. The molecule has 1 aromatic heterocycles. The van der Waals surface area contributed by atoms with Crippen molar-refractivity contribution in [2.24, 2.45) is 5.92 Å². The number of sulfonamides is 1. The molecule has 1 aliphatic carbocycles. The summed E-state index contributed by atoms with van der Waals surface area (Å²) in [5.41, 5.74) is 2.56. The third-order valence-corrected chi connectivity index (χ3v) is 7.24. The fourth-order valence-corrected chi connectivity index (χ4v) is 4.86. The van der Waals surface area contributed by atoms with Crippen molar-refractivity contribution in [1.29, 1.82) is 0 Å². The molecule has 0 amide bonds. The van der Waals surface area contributed by atoms with E-state index in [4.69, 9.17) is 0 Å². The van der Waals surface area contributed by atoms with E-state index in [0.29, 0.717) is 23.9 Å². The third-order valence-electron chi connectivity index (χ3n) is 5.82. The first-order valence-electron chi connectivity index (χ1n) is 10.5. The van der Waals surface area contributed by atoms with Gasteiger partial charge in [-0.2, -0.15) is 4.80 Å². The van der Waals surface area contributed by atoms with Crippen LogP contribution in [0.15, 0.2) is 47.4 Å². The summed E-state index contributed by atoms with van der Waals surface area (Å²) in [6.07, 6.45) is 6.97. The summed E-state index contributed by atoms with van der Waals surface area (Å²) in [5, 5.41) is 12.8. The molecule has 0 aliphatic heterocycles. The molecule has 7 nitrogen and oxygen atoms in total. The first-order valence-corrected chi connectivity index (χ1v) is 12.0. The molecule has 164 valence electrons. The first kappa shape index (κ1) is 21.6. The number of hydrogen-bond acceptors (Lipinski definition) is 5. The van der Waals surface area contributed by atoms with Crippen LogP contribution < -0.4 is 4.72 Å². The zero-order chi connectivity index (χ0) is 21.8. The van der Waals surface area contributed by atoms with Gasteiger partial charge < -0.3 is 0 Å². The molecule has 0 radical (unpaired) electrons. The zero-order valence-electron chi connectivity index (χ0n) is 17.5. The number of nitrogens with one attached hydrogen (secondary N) is 1.